The predicted molar refractivity (Wildman–Crippen MR) is 80.1 cm³/mol. The number of non-ortho nitro benzene ring substituents is 1. The van der Waals surface area contributed by atoms with Gasteiger partial charge < -0.3 is 10.6 Å². The van der Waals surface area contributed by atoms with E-state index < -0.39 is 4.92 Å². The maximum atomic E-state index is 11.7. The van der Waals surface area contributed by atoms with Gasteiger partial charge in [0, 0.05) is 24.4 Å². The van der Waals surface area contributed by atoms with Crippen LogP contribution in [-0.2, 0) is 6.54 Å². The molecule has 2 aromatic carbocycles. The van der Waals surface area contributed by atoms with Gasteiger partial charge >= 0.3 is 6.03 Å². The van der Waals surface area contributed by atoms with E-state index >= 15 is 0 Å². The van der Waals surface area contributed by atoms with Crippen molar-refractivity contribution >= 4 is 17.4 Å². The average Bonchev–Trinajstić information content (AvgIpc) is 2.47. The molecule has 0 heterocycles. The molecule has 0 unspecified atom stereocenters. The Kier molecular flexibility index (Phi) is 4.50. The normalized spacial score (nSPS) is 9.95. The SMILES string of the molecule is Cc1ccc(CNC(=O)Nc2ccc([N+](=O)[O-])cc2)cc1. The lowest BCUT2D eigenvalue weighted by molar-refractivity contribution is -0.384. The minimum atomic E-state index is -0.485. The molecule has 0 aromatic heterocycles. The van der Waals surface area contributed by atoms with Gasteiger partial charge in [0.1, 0.15) is 0 Å². The highest BCUT2D eigenvalue weighted by Crippen LogP contribution is 2.15. The van der Waals surface area contributed by atoms with Crippen molar-refractivity contribution in [3.63, 3.8) is 0 Å². The summed E-state index contributed by atoms with van der Waals surface area (Å²) in [5.74, 6) is 0. The van der Waals surface area contributed by atoms with E-state index in [9.17, 15) is 14.9 Å². The summed E-state index contributed by atoms with van der Waals surface area (Å²) in [7, 11) is 0. The van der Waals surface area contributed by atoms with E-state index in [1.807, 2.05) is 31.2 Å². The zero-order chi connectivity index (χ0) is 15.2. The standard InChI is InChI=1S/C15H15N3O3/c1-11-2-4-12(5-3-11)10-16-15(19)17-13-6-8-14(9-7-13)18(20)21/h2-9H,10H2,1H3,(H2,16,17,19). The van der Waals surface area contributed by atoms with Crippen LogP contribution in [-0.4, -0.2) is 11.0 Å². The number of nitrogens with one attached hydrogen (secondary N) is 2. The summed E-state index contributed by atoms with van der Waals surface area (Å²) in [5.41, 5.74) is 2.65. The topological polar surface area (TPSA) is 84.3 Å². The first-order valence-electron chi connectivity index (χ1n) is 6.39. The summed E-state index contributed by atoms with van der Waals surface area (Å²) < 4.78 is 0. The van der Waals surface area contributed by atoms with Gasteiger partial charge in [-0.05, 0) is 24.6 Å². The van der Waals surface area contributed by atoms with Crippen LogP contribution in [0.15, 0.2) is 48.5 Å². The number of rotatable bonds is 4. The molecule has 0 fully saturated rings. The maximum absolute atomic E-state index is 11.7. The highest BCUT2D eigenvalue weighted by molar-refractivity contribution is 5.89. The van der Waals surface area contributed by atoms with Crippen LogP contribution >= 0.6 is 0 Å². The number of carbonyl (C=O) groups excluding carboxylic acids is 1. The van der Waals surface area contributed by atoms with Crippen molar-refractivity contribution in [3.8, 4) is 0 Å². The second-order valence-corrected chi connectivity index (χ2v) is 4.60. The quantitative estimate of drug-likeness (QED) is 0.668. The Balaban J connectivity index is 1.86. The highest BCUT2D eigenvalue weighted by atomic mass is 16.6. The molecule has 0 bridgehead atoms. The van der Waals surface area contributed by atoms with Crippen LogP contribution in [0.5, 0.6) is 0 Å². The summed E-state index contributed by atoms with van der Waals surface area (Å²) in [4.78, 5) is 21.8. The Morgan fingerprint density at radius 3 is 2.29 bits per heavy atom. The third-order valence-corrected chi connectivity index (χ3v) is 2.91. The van der Waals surface area contributed by atoms with E-state index in [2.05, 4.69) is 10.6 Å². The number of hydrogen-bond donors (Lipinski definition) is 2. The fraction of sp³-hybridized carbons (Fsp3) is 0.133. The molecule has 0 atom stereocenters. The molecule has 2 aromatic rings. The van der Waals surface area contributed by atoms with Gasteiger partial charge in [-0.3, -0.25) is 10.1 Å². The van der Waals surface area contributed by atoms with Crippen molar-refractivity contribution in [2.24, 2.45) is 0 Å². The number of carbonyl (C=O) groups is 1. The van der Waals surface area contributed by atoms with Gasteiger partial charge in [0.15, 0.2) is 0 Å². The smallest absolute Gasteiger partial charge is 0.319 e. The van der Waals surface area contributed by atoms with Crippen LogP contribution in [0.1, 0.15) is 11.1 Å². The number of anilines is 1. The molecule has 0 radical (unpaired) electrons. The van der Waals surface area contributed by atoms with E-state index in [0.29, 0.717) is 12.2 Å². The summed E-state index contributed by atoms with van der Waals surface area (Å²) in [5, 5.41) is 15.9. The van der Waals surface area contributed by atoms with Crippen molar-refractivity contribution in [3.05, 3.63) is 69.8 Å². The molecule has 0 saturated carbocycles. The number of aryl methyl sites for hydroxylation is 1. The number of urea groups is 1. The van der Waals surface area contributed by atoms with Crippen LogP contribution in [0, 0.1) is 17.0 Å². The van der Waals surface area contributed by atoms with Crippen LogP contribution in [0.2, 0.25) is 0 Å². The third-order valence-electron chi connectivity index (χ3n) is 2.91. The summed E-state index contributed by atoms with van der Waals surface area (Å²) >= 11 is 0. The molecule has 6 heteroatoms. The number of nitrogens with zero attached hydrogens (tertiary/aromatic N) is 1. The van der Waals surface area contributed by atoms with Crippen LogP contribution in [0.3, 0.4) is 0 Å². The first kappa shape index (κ1) is 14.5. The molecule has 0 aliphatic carbocycles. The van der Waals surface area contributed by atoms with Gasteiger partial charge in [0.2, 0.25) is 0 Å². The molecular formula is C15H15N3O3. The van der Waals surface area contributed by atoms with E-state index in [1.54, 1.807) is 0 Å². The molecule has 0 aliphatic rings. The minimum absolute atomic E-state index is 0.0133. The number of nitro benzene ring substituents is 1. The molecule has 0 spiro atoms. The highest BCUT2D eigenvalue weighted by Gasteiger charge is 2.06. The summed E-state index contributed by atoms with van der Waals surface area (Å²) in [6.07, 6.45) is 0. The Labute approximate surface area is 121 Å². The molecule has 2 amide bonds. The second kappa shape index (κ2) is 6.51. The van der Waals surface area contributed by atoms with Crippen LogP contribution in [0.4, 0.5) is 16.2 Å². The maximum Gasteiger partial charge on any atom is 0.319 e. The average molecular weight is 285 g/mol. The molecule has 0 aliphatic heterocycles. The van der Waals surface area contributed by atoms with Gasteiger partial charge in [-0.1, -0.05) is 29.8 Å². The molecule has 2 rings (SSSR count). The largest absolute Gasteiger partial charge is 0.334 e. The zero-order valence-corrected chi connectivity index (χ0v) is 11.5. The molecular weight excluding hydrogens is 270 g/mol. The van der Waals surface area contributed by atoms with E-state index in [4.69, 9.17) is 0 Å². The predicted octanol–water partition coefficient (Wildman–Crippen LogP) is 3.22. The van der Waals surface area contributed by atoms with E-state index in [0.717, 1.165) is 11.1 Å². The van der Waals surface area contributed by atoms with Gasteiger partial charge in [-0.25, -0.2) is 4.79 Å². The molecule has 108 valence electrons. The second-order valence-electron chi connectivity index (χ2n) is 4.60. The minimum Gasteiger partial charge on any atom is -0.334 e. The van der Waals surface area contributed by atoms with Crippen LogP contribution in [0.25, 0.3) is 0 Å². The molecule has 21 heavy (non-hydrogen) atoms. The Morgan fingerprint density at radius 2 is 1.71 bits per heavy atom. The molecule has 6 nitrogen and oxygen atoms in total. The Hall–Kier alpha value is -2.89. The fourth-order valence-corrected chi connectivity index (χ4v) is 1.73. The third kappa shape index (κ3) is 4.31. The van der Waals surface area contributed by atoms with Crippen molar-refractivity contribution in [1.29, 1.82) is 0 Å². The van der Waals surface area contributed by atoms with Gasteiger partial charge in [0.05, 0.1) is 4.92 Å². The number of hydrogen-bond acceptors (Lipinski definition) is 3. The monoisotopic (exact) mass is 285 g/mol. The van der Waals surface area contributed by atoms with E-state index in [-0.39, 0.29) is 11.7 Å². The van der Waals surface area contributed by atoms with Crippen molar-refractivity contribution in [2.75, 3.05) is 5.32 Å². The molecule has 0 saturated heterocycles. The fourth-order valence-electron chi connectivity index (χ4n) is 1.73. The lowest BCUT2D eigenvalue weighted by atomic mass is 10.1. The molecule has 2 N–H and O–H groups in total. The van der Waals surface area contributed by atoms with E-state index in [1.165, 1.54) is 24.3 Å². The number of amides is 2. The van der Waals surface area contributed by atoms with Crippen molar-refractivity contribution in [2.45, 2.75) is 13.5 Å². The number of benzene rings is 2. The lowest BCUT2D eigenvalue weighted by Gasteiger charge is -2.07. The van der Waals surface area contributed by atoms with Gasteiger partial charge in [0.25, 0.3) is 5.69 Å². The van der Waals surface area contributed by atoms with Crippen LogP contribution < -0.4 is 10.6 Å². The Morgan fingerprint density at radius 1 is 1.10 bits per heavy atom. The zero-order valence-electron chi connectivity index (χ0n) is 11.5. The van der Waals surface area contributed by atoms with Crippen molar-refractivity contribution in [1.82, 2.24) is 5.32 Å². The van der Waals surface area contributed by atoms with Gasteiger partial charge in [-0.2, -0.15) is 0 Å². The summed E-state index contributed by atoms with van der Waals surface area (Å²) in [6, 6.07) is 13.2. The lowest BCUT2D eigenvalue weighted by Crippen LogP contribution is -2.28. The Bertz CT molecular complexity index is 636. The first-order chi connectivity index (χ1) is 10.0. The first-order valence-corrected chi connectivity index (χ1v) is 6.39. The number of nitro groups is 1. The van der Waals surface area contributed by atoms with Crippen molar-refractivity contribution < 1.29 is 9.72 Å². The van der Waals surface area contributed by atoms with Gasteiger partial charge in [-0.15, -0.1) is 0 Å². The summed E-state index contributed by atoms with van der Waals surface area (Å²) in [6.45, 7) is 2.41.